The van der Waals surface area contributed by atoms with E-state index in [1.165, 1.54) is 5.56 Å². The lowest BCUT2D eigenvalue weighted by Crippen LogP contribution is -2.11. The van der Waals surface area contributed by atoms with Gasteiger partial charge in [-0.2, -0.15) is 0 Å². The van der Waals surface area contributed by atoms with Gasteiger partial charge in [0.25, 0.3) is 0 Å². The van der Waals surface area contributed by atoms with E-state index in [-0.39, 0.29) is 0 Å². The zero-order chi connectivity index (χ0) is 11.3. The molecule has 0 aliphatic heterocycles. The monoisotopic (exact) mass is 209 g/mol. The summed E-state index contributed by atoms with van der Waals surface area (Å²) in [7, 11) is 1.65. The molecule has 0 saturated carbocycles. The minimum atomic E-state index is 0.488. The van der Waals surface area contributed by atoms with Gasteiger partial charge >= 0.3 is 0 Å². The van der Waals surface area contributed by atoms with Crippen LogP contribution in [0.25, 0.3) is 0 Å². The first-order valence-corrected chi connectivity index (χ1v) is 5.19. The summed E-state index contributed by atoms with van der Waals surface area (Å²) in [6.45, 7) is 5.32. The van der Waals surface area contributed by atoms with Crippen molar-refractivity contribution in [3.05, 3.63) is 23.8 Å². The molecule has 0 aliphatic carbocycles. The van der Waals surface area contributed by atoms with Gasteiger partial charge in [-0.15, -0.1) is 0 Å². The summed E-state index contributed by atoms with van der Waals surface area (Å²) in [5.41, 5.74) is 6.62. The molecule has 3 heteroatoms. The molecule has 0 unspecified atom stereocenters. The van der Waals surface area contributed by atoms with Crippen LogP contribution in [0.4, 0.5) is 0 Å². The lowest BCUT2D eigenvalue weighted by molar-refractivity contribution is 0.302. The third kappa shape index (κ3) is 3.13. The van der Waals surface area contributed by atoms with Crippen LogP contribution in [0.5, 0.6) is 11.5 Å². The van der Waals surface area contributed by atoms with E-state index in [1.54, 1.807) is 7.11 Å². The van der Waals surface area contributed by atoms with Crippen LogP contribution in [-0.2, 0) is 0 Å². The normalized spacial score (nSPS) is 10.5. The molecule has 15 heavy (non-hydrogen) atoms. The van der Waals surface area contributed by atoms with Gasteiger partial charge in [-0.25, -0.2) is 0 Å². The fourth-order valence-electron chi connectivity index (χ4n) is 1.33. The first kappa shape index (κ1) is 11.9. The molecule has 1 aromatic carbocycles. The van der Waals surface area contributed by atoms with Crippen molar-refractivity contribution >= 4 is 0 Å². The minimum Gasteiger partial charge on any atom is -0.493 e. The van der Waals surface area contributed by atoms with Crippen LogP contribution in [0.1, 0.15) is 25.3 Å². The van der Waals surface area contributed by atoms with Gasteiger partial charge in [-0.1, -0.05) is 19.9 Å². The van der Waals surface area contributed by atoms with Gasteiger partial charge in [0, 0.05) is 6.54 Å². The fourth-order valence-corrected chi connectivity index (χ4v) is 1.33. The number of benzene rings is 1. The first-order valence-electron chi connectivity index (χ1n) is 5.19. The van der Waals surface area contributed by atoms with Crippen LogP contribution in [0.2, 0.25) is 0 Å². The summed E-state index contributed by atoms with van der Waals surface area (Å²) in [5.74, 6) is 2.02. The van der Waals surface area contributed by atoms with Crippen molar-refractivity contribution in [1.82, 2.24) is 0 Å². The number of nitrogens with two attached hydrogens (primary N) is 1. The van der Waals surface area contributed by atoms with Gasteiger partial charge in [0.15, 0.2) is 11.5 Å². The second kappa shape index (κ2) is 5.61. The van der Waals surface area contributed by atoms with Gasteiger partial charge in [-0.3, -0.25) is 0 Å². The maximum absolute atomic E-state index is 5.46. The molecule has 0 fully saturated rings. The zero-order valence-electron chi connectivity index (χ0n) is 9.62. The van der Waals surface area contributed by atoms with E-state index in [0.717, 1.165) is 11.5 Å². The van der Waals surface area contributed by atoms with Crippen molar-refractivity contribution in [2.24, 2.45) is 5.73 Å². The summed E-state index contributed by atoms with van der Waals surface area (Å²) >= 11 is 0. The molecule has 0 spiro atoms. The predicted octanol–water partition coefficient (Wildman–Crippen LogP) is 2.16. The molecule has 0 heterocycles. The Kier molecular flexibility index (Phi) is 4.43. The molecule has 0 amide bonds. The highest BCUT2D eigenvalue weighted by molar-refractivity contribution is 5.43. The topological polar surface area (TPSA) is 44.5 Å². The third-order valence-corrected chi connectivity index (χ3v) is 2.23. The molecule has 3 nitrogen and oxygen atoms in total. The van der Waals surface area contributed by atoms with E-state index in [1.807, 2.05) is 12.1 Å². The van der Waals surface area contributed by atoms with Gasteiger partial charge in [0.1, 0.15) is 6.61 Å². The van der Waals surface area contributed by atoms with Gasteiger partial charge in [0.05, 0.1) is 7.11 Å². The number of hydrogen-bond acceptors (Lipinski definition) is 3. The standard InChI is InChI=1S/C12H19NO2/c1-9(2)10-4-5-11(15-7-6-13)12(8-10)14-3/h4-5,8-9H,6-7,13H2,1-3H3. The number of rotatable bonds is 5. The Morgan fingerprint density at radius 3 is 2.53 bits per heavy atom. The Morgan fingerprint density at radius 1 is 1.27 bits per heavy atom. The van der Waals surface area contributed by atoms with Crippen LogP contribution >= 0.6 is 0 Å². The van der Waals surface area contributed by atoms with E-state index in [0.29, 0.717) is 19.1 Å². The highest BCUT2D eigenvalue weighted by Gasteiger charge is 2.07. The third-order valence-electron chi connectivity index (χ3n) is 2.23. The number of methoxy groups -OCH3 is 1. The highest BCUT2D eigenvalue weighted by Crippen LogP contribution is 2.30. The molecule has 2 N–H and O–H groups in total. The second-order valence-corrected chi connectivity index (χ2v) is 3.70. The average Bonchev–Trinajstić information content (AvgIpc) is 2.25. The van der Waals surface area contributed by atoms with Crippen molar-refractivity contribution in [2.75, 3.05) is 20.3 Å². The molecular formula is C12H19NO2. The lowest BCUT2D eigenvalue weighted by Gasteiger charge is -2.13. The molecule has 0 saturated heterocycles. The van der Waals surface area contributed by atoms with Crippen LogP contribution < -0.4 is 15.2 Å². The van der Waals surface area contributed by atoms with Crippen molar-refractivity contribution in [1.29, 1.82) is 0 Å². The van der Waals surface area contributed by atoms with Crippen LogP contribution in [-0.4, -0.2) is 20.3 Å². The Labute approximate surface area is 91.2 Å². The van der Waals surface area contributed by atoms with E-state index < -0.39 is 0 Å². The Balaban J connectivity index is 2.88. The highest BCUT2D eigenvalue weighted by atomic mass is 16.5. The summed E-state index contributed by atoms with van der Waals surface area (Å²) < 4.78 is 10.7. The number of ether oxygens (including phenoxy) is 2. The van der Waals surface area contributed by atoms with Gasteiger partial charge < -0.3 is 15.2 Å². The Bertz CT molecular complexity index is 310. The quantitative estimate of drug-likeness (QED) is 0.808. The average molecular weight is 209 g/mol. The number of hydrogen-bond donors (Lipinski definition) is 1. The summed E-state index contributed by atoms with van der Waals surface area (Å²) in [5, 5.41) is 0. The molecule has 0 aliphatic rings. The molecule has 0 bridgehead atoms. The summed E-state index contributed by atoms with van der Waals surface area (Å²) in [6.07, 6.45) is 0. The SMILES string of the molecule is COc1cc(C(C)C)ccc1OCCN. The second-order valence-electron chi connectivity index (χ2n) is 3.70. The van der Waals surface area contributed by atoms with E-state index in [9.17, 15) is 0 Å². The summed E-state index contributed by atoms with van der Waals surface area (Å²) in [6, 6.07) is 6.00. The maximum atomic E-state index is 5.46. The van der Waals surface area contributed by atoms with Crippen LogP contribution in [0, 0.1) is 0 Å². The van der Waals surface area contributed by atoms with Crippen molar-refractivity contribution in [2.45, 2.75) is 19.8 Å². The van der Waals surface area contributed by atoms with E-state index in [4.69, 9.17) is 15.2 Å². The van der Waals surface area contributed by atoms with Crippen molar-refractivity contribution in [3.8, 4) is 11.5 Å². The molecule has 84 valence electrons. The molecule has 0 radical (unpaired) electrons. The van der Waals surface area contributed by atoms with Gasteiger partial charge in [0.2, 0.25) is 0 Å². The summed E-state index contributed by atoms with van der Waals surface area (Å²) in [4.78, 5) is 0. The van der Waals surface area contributed by atoms with Crippen LogP contribution in [0.15, 0.2) is 18.2 Å². The molecule has 0 aromatic heterocycles. The first-order chi connectivity index (χ1) is 7.19. The molecule has 1 rings (SSSR count). The predicted molar refractivity (Wildman–Crippen MR) is 61.6 cm³/mol. The maximum Gasteiger partial charge on any atom is 0.161 e. The van der Waals surface area contributed by atoms with Crippen LogP contribution in [0.3, 0.4) is 0 Å². The lowest BCUT2D eigenvalue weighted by atomic mass is 10.0. The molecule has 0 atom stereocenters. The Hall–Kier alpha value is -1.22. The van der Waals surface area contributed by atoms with E-state index in [2.05, 4.69) is 19.9 Å². The van der Waals surface area contributed by atoms with Crippen molar-refractivity contribution < 1.29 is 9.47 Å². The van der Waals surface area contributed by atoms with Gasteiger partial charge in [-0.05, 0) is 23.6 Å². The van der Waals surface area contributed by atoms with Crippen molar-refractivity contribution in [3.63, 3.8) is 0 Å². The fraction of sp³-hybridized carbons (Fsp3) is 0.500. The zero-order valence-corrected chi connectivity index (χ0v) is 9.62. The smallest absolute Gasteiger partial charge is 0.161 e. The molecule has 1 aromatic rings. The minimum absolute atomic E-state index is 0.488. The molecular weight excluding hydrogens is 190 g/mol. The van der Waals surface area contributed by atoms with E-state index >= 15 is 0 Å². The Morgan fingerprint density at radius 2 is 2.00 bits per heavy atom. The largest absolute Gasteiger partial charge is 0.493 e.